The Morgan fingerprint density at radius 3 is 2.72 bits per heavy atom. The second-order valence-electron chi connectivity index (χ2n) is 6.56. The predicted molar refractivity (Wildman–Crippen MR) is 118 cm³/mol. The summed E-state index contributed by atoms with van der Waals surface area (Å²) in [5.74, 6) is 0.346. The monoisotopic (exact) mass is 530 g/mol. The third-order valence-corrected chi connectivity index (χ3v) is 4.54. The van der Waals surface area contributed by atoms with Crippen LogP contribution in [-0.2, 0) is 11.3 Å². The SMILES string of the molecule is CCNC(=NCc1ccccc1OC(F)(F)F)NCC1CCCN1CCOC.I. The van der Waals surface area contributed by atoms with Gasteiger partial charge in [-0.25, -0.2) is 4.99 Å². The lowest BCUT2D eigenvalue weighted by atomic mass is 10.2. The molecule has 1 unspecified atom stereocenters. The number of hydrogen-bond acceptors (Lipinski definition) is 4. The van der Waals surface area contributed by atoms with Crippen molar-refractivity contribution in [2.24, 2.45) is 4.99 Å². The van der Waals surface area contributed by atoms with E-state index in [0.29, 0.717) is 30.7 Å². The van der Waals surface area contributed by atoms with Gasteiger partial charge in [-0.2, -0.15) is 0 Å². The first-order valence-corrected chi connectivity index (χ1v) is 9.51. The van der Waals surface area contributed by atoms with Crippen LogP contribution in [0.25, 0.3) is 0 Å². The van der Waals surface area contributed by atoms with Crippen LogP contribution in [0.2, 0.25) is 0 Å². The van der Waals surface area contributed by atoms with Crippen LogP contribution in [0.3, 0.4) is 0 Å². The molecule has 1 atom stereocenters. The van der Waals surface area contributed by atoms with Gasteiger partial charge in [0, 0.05) is 38.3 Å². The van der Waals surface area contributed by atoms with Crippen molar-refractivity contribution in [2.75, 3.05) is 39.9 Å². The Hall–Kier alpha value is -1.27. The van der Waals surface area contributed by atoms with Crippen LogP contribution < -0.4 is 15.4 Å². The quantitative estimate of drug-likeness (QED) is 0.292. The molecule has 1 aromatic carbocycles. The Bertz CT molecular complexity index is 632. The van der Waals surface area contributed by atoms with Crippen molar-refractivity contribution in [3.8, 4) is 5.75 Å². The summed E-state index contributed by atoms with van der Waals surface area (Å²) in [6.07, 6.45) is -2.49. The van der Waals surface area contributed by atoms with Gasteiger partial charge in [0.25, 0.3) is 0 Å². The molecule has 2 rings (SSSR count). The Balaban J connectivity index is 0.00000420. The van der Waals surface area contributed by atoms with E-state index in [1.165, 1.54) is 12.1 Å². The van der Waals surface area contributed by atoms with Gasteiger partial charge >= 0.3 is 6.36 Å². The highest BCUT2D eigenvalue weighted by Crippen LogP contribution is 2.26. The van der Waals surface area contributed by atoms with Crippen LogP contribution in [0.1, 0.15) is 25.3 Å². The summed E-state index contributed by atoms with van der Waals surface area (Å²) in [7, 11) is 1.69. The number of alkyl halides is 3. The number of para-hydroxylation sites is 1. The van der Waals surface area contributed by atoms with E-state index >= 15 is 0 Å². The highest BCUT2D eigenvalue weighted by molar-refractivity contribution is 14.0. The van der Waals surface area contributed by atoms with E-state index in [0.717, 1.165) is 32.5 Å². The number of halogens is 4. The molecule has 10 heteroatoms. The summed E-state index contributed by atoms with van der Waals surface area (Å²) in [6, 6.07) is 6.44. The number of likely N-dealkylation sites (tertiary alicyclic amines) is 1. The number of methoxy groups -OCH3 is 1. The highest BCUT2D eigenvalue weighted by atomic mass is 127. The first-order valence-electron chi connectivity index (χ1n) is 9.51. The van der Waals surface area contributed by atoms with Crippen molar-refractivity contribution in [1.82, 2.24) is 15.5 Å². The zero-order valence-corrected chi connectivity index (χ0v) is 19.1. The minimum absolute atomic E-state index is 0. The van der Waals surface area contributed by atoms with Gasteiger partial charge < -0.3 is 20.1 Å². The van der Waals surface area contributed by atoms with Crippen LogP contribution >= 0.6 is 24.0 Å². The average Bonchev–Trinajstić information content (AvgIpc) is 3.09. The highest BCUT2D eigenvalue weighted by Gasteiger charge is 2.32. The third kappa shape index (κ3) is 9.39. The largest absolute Gasteiger partial charge is 0.573 e. The molecule has 0 spiro atoms. The smallest absolute Gasteiger partial charge is 0.405 e. The van der Waals surface area contributed by atoms with Crippen molar-refractivity contribution in [3.63, 3.8) is 0 Å². The van der Waals surface area contributed by atoms with Gasteiger partial charge in [0.05, 0.1) is 13.2 Å². The van der Waals surface area contributed by atoms with Crippen LogP contribution in [0, 0.1) is 0 Å². The summed E-state index contributed by atoms with van der Waals surface area (Å²) in [4.78, 5) is 6.81. The van der Waals surface area contributed by atoms with E-state index in [9.17, 15) is 13.2 Å². The minimum Gasteiger partial charge on any atom is -0.405 e. The van der Waals surface area contributed by atoms with Gasteiger partial charge in [-0.05, 0) is 32.4 Å². The van der Waals surface area contributed by atoms with Gasteiger partial charge in [0.15, 0.2) is 5.96 Å². The van der Waals surface area contributed by atoms with E-state index < -0.39 is 6.36 Å². The summed E-state index contributed by atoms with van der Waals surface area (Å²) in [6.45, 7) is 6.03. The third-order valence-electron chi connectivity index (χ3n) is 4.54. The molecule has 0 saturated carbocycles. The lowest BCUT2D eigenvalue weighted by molar-refractivity contribution is -0.274. The number of nitrogens with one attached hydrogen (secondary N) is 2. The van der Waals surface area contributed by atoms with E-state index in [4.69, 9.17) is 4.74 Å². The fourth-order valence-electron chi connectivity index (χ4n) is 3.21. The van der Waals surface area contributed by atoms with E-state index in [1.807, 2.05) is 6.92 Å². The number of nitrogens with zero attached hydrogens (tertiary/aromatic N) is 2. The van der Waals surface area contributed by atoms with Gasteiger partial charge in [-0.15, -0.1) is 37.1 Å². The number of hydrogen-bond donors (Lipinski definition) is 2. The Morgan fingerprint density at radius 2 is 2.03 bits per heavy atom. The summed E-state index contributed by atoms with van der Waals surface area (Å²) in [5.41, 5.74) is 0.375. The normalized spacial score (nSPS) is 17.7. The molecule has 0 radical (unpaired) electrons. The first-order chi connectivity index (χ1) is 13.4. The molecule has 29 heavy (non-hydrogen) atoms. The van der Waals surface area contributed by atoms with Crippen LogP contribution in [0.5, 0.6) is 5.75 Å². The van der Waals surface area contributed by atoms with Crippen LogP contribution in [0.4, 0.5) is 13.2 Å². The molecule has 1 saturated heterocycles. The molecule has 0 bridgehead atoms. The number of rotatable bonds is 9. The molecule has 0 aromatic heterocycles. The van der Waals surface area contributed by atoms with Crippen LogP contribution in [-0.4, -0.2) is 63.2 Å². The predicted octanol–water partition coefficient (Wildman–Crippen LogP) is 3.37. The van der Waals surface area contributed by atoms with Gasteiger partial charge in [-0.1, -0.05) is 18.2 Å². The van der Waals surface area contributed by atoms with Crippen molar-refractivity contribution in [2.45, 2.75) is 38.7 Å². The second kappa shape index (κ2) is 13.1. The molecule has 1 fully saturated rings. The zero-order valence-electron chi connectivity index (χ0n) is 16.8. The Morgan fingerprint density at radius 1 is 1.28 bits per heavy atom. The molecular formula is C19H30F3IN4O2. The minimum atomic E-state index is -4.73. The zero-order chi connectivity index (χ0) is 20.4. The molecule has 1 aliphatic rings. The number of guanidine groups is 1. The Kier molecular flexibility index (Phi) is 11.7. The molecule has 1 aromatic rings. The molecular weight excluding hydrogens is 500 g/mol. The van der Waals surface area contributed by atoms with Crippen molar-refractivity contribution >= 4 is 29.9 Å². The molecule has 166 valence electrons. The maximum absolute atomic E-state index is 12.6. The van der Waals surface area contributed by atoms with Gasteiger partial charge in [-0.3, -0.25) is 4.90 Å². The van der Waals surface area contributed by atoms with Gasteiger partial charge in [0.2, 0.25) is 0 Å². The van der Waals surface area contributed by atoms with Crippen molar-refractivity contribution in [1.29, 1.82) is 0 Å². The topological polar surface area (TPSA) is 58.1 Å². The maximum Gasteiger partial charge on any atom is 0.573 e. The van der Waals surface area contributed by atoms with E-state index in [2.05, 4.69) is 25.3 Å². The molecule has 2 N–H and O–H groups in total. The fraction of sp³-hybridized carbons (Fsp3) is 0.632. The first kappa shape index (κ1) is 25.8. The summed E-state index contributed by atoms with van der Waals surface area (Å²) < 4.78 is 46.9. The Labute approximate surface area is 187 Å². The lowest BCUT2D eigenvalue weighted by Gasteiger charge is -2.25. The van der Waals surface area contributed by atoms with Crippen molar-refractivity contribution in [3.05, 3.63) is 29.8 Å². The molecule has 0 aliphatic carbocycles. The fourth-order valence-corrected chi connectivity index (χ4v) is 3.21. The summed E-state index contributed by atoms with van der Waals surface area (Å²) in [5, 5.41) is 6.44. The molecule has 0 amide bonds. The molecule has 6 nitrogen and oxygen atoms in total. The molecule has 1 heterocycles. The van der Waals surface area contributed by atoms with Gasteiger partial charge in [0.1, 0.15) is 5.75 Å². The van der Waals surface area contributed by atoms with Crippen molar-refractivity contribution < 1.29 is 22.6 Å². The average molecular weight is 530 g/mol. The van der Waals surface area contributed by atoms with E-state index in [-0.39, 0.29) is 36.3 Å². The number of aliphatic imine (C=N–C) groups is 1. The standard InChI is InChI=1S/C19H29F3N4O2.HI/c1-3-23-18(25-14-16-8-6-10-26(16)11-12-27-2)24-13-15-7-4-5-9-17(15)28-19(20,21)22;/h4-5,7,9,16H,3,6,8,10-14H2,1-2H3,(H2,23,24,25);1H. The lowest BCUT2D eigenvalue weighted by Crippen LogP contribution is -2.45. The summed E-state index contributed by atoms with van der Waals surface area (Å²) >= 11 is 0. The number of benzene rings is 1. The van der Waals surface area contributed by atoms with E-state index in [1.54, 1.807) is 19.2 Å². The van der Waals surface area contributed by atoms with Crippen LogP contribution in [0.15, 0.2) is 29.3 Å². The maximum atomic E-state index is 12.6. The second-order valence-corrected chi connectivity index (χ2v) is 6.56. The molecule has 1 aliphatic heterocycles. The number of ether oxygens (including phenoxy) is 2.